The molecule has 0 spiro atoms. The molecule has 7 nitrogen and oxygen atoms in total. The van der Waals surface area contributed by atoms with Crippen molar-refractivity contribution in [2.45, 2.75) is 18.0 Å². The predicted molar refractivity (Wildman–Crippen MR) is 101 cm³/mol. The van der Waals surface area contributed by atoms with Crippen molar-refractivity contribution in [2.75, 3.05) is 0 Å². The third-order valence-corrected chi connectivity index (χ3v) is 5.66. The van der Waals surface area contributed by atoms with Gasteiger partial charge >= 0.3 is 5.76 Å². The Bertz CT molecular complexity index is 1240. The van der Waals surface area contributed by atoms with E-state index in [0.29, 0.717) is 12.1 Å². The first-order valence-corrected chi connectivity index (χ1v) is 9.80. The minimum absolute atomic E-state index is 0.0407. The van der Waals surface area contributed by atoms with Gasteiger partial charge in [-0.25, -0.2) is 17.9 Å². The standard InChI is InChI=1S/C19H17N3O4S/c23-19-21-17-9-8-16(11-18(17)26-19)27(24,25)20-12-15-7-4-10-22(15)13-14-5-2-1-3-6-14/h1-11,20H,12-13H2,(H,21,23). The van der Waals surface area contributed by atoms with Gasteiger partial charge in [0, 0.05) is 24.5 Å². The van der Waals surface area contributed by atoms with Crippen molar-refractivity contribution in [3.05, 3.63) is 88.7 Å². The Balaban J connectivity index is 1.52. The van der Waals surface area contributed by atoms with Crippen LogP contribution in [-0.4, -0.2) is 18.0 Å². The molecule has 0 amide bonds. The fraction of sp³-hybridized carbons (Fsp3) is 0.105. The summed E-state index contributed by atoms with van der Waals surface area (Å²) in [6, 6.07) is 18.0. The fourth-order valence-electron chi connectivity index (χ4n) is 2.89. The van der Waals surface area contributed by atoms with Crippen molar-refractivity contribution in [3.63, 3.8) is 0 Å². The van der Waals surface area contributed by atoms with Gasteiger partial charge in [-0.3, -0.25) is 4.98 Å². The SMILES string of the molecule is O=c1[nH]c2ccc(S(=O)(=O)NCc3cccn3Cc3ccccc3)cc2o1. The maximum atomic E-state index is 12.6. The maximum absolute atomic E-state index is 12.6. The molecule has 0 bridgehead atoms. The molecule has 4 aromatic rings. The molecule has 0 fully saturated rings. The van der Waals surface area contributed by atoms with Crippen molar-refractivity contribution >= 4 is 21.1 Å². The number of aromatic amines is 1. The van der Waals surface area contributed by atoms with E-state index in [2.05, 4.69) is 9.71 Å². The largest absolute Gasteiger partial charge is 0.417 e. The summed E-state index contributed by atoms with van der Waals surface area (Å²) in [5.41, 5.74) is 2.63. The molecule has 4 rings (SSSR count). The lowest BCUT2D eigenvalue weighted by atomic mass is 10.2. The van der Waals surface area contributed by atoms with Gasteiger partial charge in [0.25, 0.3) is 0 Å². The molecule has 0 unspecified atom stereocenters. The Kier molecular flexibility index (Phi) is 4.43. The van der Waals surface area contributed by atoms with E-state index in [1.807, 2.05) is 53.2 Å². The van der Waals surface area contributed by atoms with Crippen LogP contribution in [0.25, 0.3) is 11.1 Å². The number of oxazole rings is 1. The highest BCUT2D eigenvalue weighted by molar-refractivity contribution is 7.89. The quantitative estimate of drug-likeness (QED) is 0.534. The topological polar surface area (TPSA) is 97.1 Å². The molecule has 0 aliphatic heterocycles. The van der Waals surface area contributed by atoms with Crippen LogP contribution in [0.15, 0.2) is 81.0 Å². The van der Waals surface area contributed by atoms with Crippen LogP contribution in [0.1, 0.15) is 11.3 Å². The molecule has 2 heterocycles. The van der Waals surface area contributed by atoms with Gasteiger partial charge in [0.2, 0.25) is 10.0 Å². The summed E-state index contributed by atoms with van der Waals surface area (Å²) in [7, 11) is -3.75. The van der Waals surface area contributed by atoms with Gasteiger partial charge in [-0.1, -0.05) is 30.3 Å². The number of H-pyrrole nitrogens is 1. The summed E-state index contributed by atoms with van der Waals surface area (Å²) >= 11 is 0. The zero-order valence-corrected chi connectivity index (χ0v) is 15.1. The van der Waals surface area contributed by atoms with E-state index in [9.17, 15) is 13.2 Å². The summed E-state index contributed by atoms with van der Waals surface area (Å²) in [6.07, 6.45) is 1.91. The predicted octanol–water partition coefficient (Wildman–Crippen LogP) is 2.45. The molecule has 8 heteroatoms. The summed E-state index contributed by atoms with van der Waals surface area (Å²) < 4.78 is 34.7. The molecular formula is C19H17N3O4S. The van der Waals surface area contributed by atoms with Crippen LogP contribution in [0.3, 0.4) is 0 Å². The first-order chi connectivity index (χ1) is 13.0. The normalized spacial score (nSPS) is 11.9. The second kappa shape index (κ2) is 6.90. The molecule has 0 radical (unpaired) electrons. The van der Waals surface area contributed by atoms with Crippen LogP contribution >= 0.6 is 0 Å². The Morgan fingerprint density at radius 2 is 1.85 bits per heavy atom. The van der Waals surface area contributed by atoms with E-state index in [-0.39, 0.29) is 17.0 Å². The summed E-state index contributed by atoms with van der Waals surface area (Å²) in [4.78, 5) is 13.8. The third-order valence-electron chi connectivity index (χ3n) is 4.27. The molecule has 138 valence electrons. The lowest BCUT2D eigenvalue weighted by molar-refractivity contribution is 0.553. The van der Waals surface area contributed by atoms with Gasteiger partial charge in [-0.15, -0.1) is 0 Å². The van der Waals surface area contributed by atoms with Crippen LogP contribution < -0.4 is 10.5 Å². The van der Waals surface area contributed by atoms with Crippen LogP contribution in [0.2, 0.25) is 0 Å². The number of nitrogens with zero attached hydrogens (tertiary/aromatic N) is 1. The number of rotatable bonds is 6. The maximum Gasteiger partial charge on any atom is 0.417 e. The highest BCUT2D eigenvalue weighted by Gasteiger charge is 2.16. The molecule has 0 aliphatic carbocycles. The van der Waals surface area contributed by atoms with Crippen LogP contribution in [0.5, 0.6) is 0 Å². The van der Waals surface area contributed by atoms with E-state index in [0.717, 1.165) is 11.3 Å². The highest BCUT2D eigenvalue weighted by atomic mass is 32.2. The Labute approximate surface area is 155 Å². The average Bonchev–Trinajstić information content (AvgIpc) is 3.25. The van der Waals surface area contributed by atoms with E-state index in [1.54, 1.807) is 0 Å². The van der Waals surface area contributed by atoms with E-state index < -0.39 is 15.8 Å². The fourth-order valence-corrected chi connectivity index (χ4v) is 3.90. The minimum Gasteiger partial charge on any atom is -0.408 e. The number of aromatic nitrogens is 2. The number of benzene rings is 2. The van der Waals surface area contributed by atoms with Crippen LogP contribution in [-0.2, 0) is 23.1 Å². The Morgan fingerprint density at radius 1 is 1.04 bits per heavy atom. The lowest BCUT2D eigenvalue weighted by Gasteiger charge is -2.11. The first kappa shape index (κ1) is 17.3. The Hall–Kier alpha value is -3.10. The van der Waals surface area contributed by atoms with Crippen molar-refractivity contribution < 1.29 is 12.8 Å². The molecule has 0 saturated heterocycles. The molecule has 0 atom stereocenters. The summed E-state index contributed by atoms with van der Waals surface area (Å²) in [6.45, 7) is 0.808. The van der Waals surface area contributed by atoms with Gasteiger partial charge in [0.1, 0.15) is 0 Å². The lowest BCUT2D eigenvalue weighted by Crippen LogP contribution is -2.24. The molecule has 0 saturated carbocycles. The first-order valence-electron chi connectivity index (χ1n) is 8.32. The third kappa shape index (κ3) is 3.71. The van der Waals surface area contributed by atoms with Crippen molar-refractivity contribution in [2.24, 2.45) is 0 Å². The van der Waals surface area contributed by atoms with Gasteiger partial charge in [-0.2, -0.15) is 0 Å². The summed E-state index contributed by atoms with van der Waals surface area (Å²) in [5.74, 6) is -0.619. The molecule has 0 aliphatic rings. The molecule has 2 N–H and O–H groups in total. The van der Waals surface area contributed by atoms with Gasteiger partial charge in [-0.05, 0) is 29.8 Å². The van der Waals surface area contributed by atoms with Gasteiger partial charge in [0.15, 0.2) is 5.58 Å². The number of hydrogen-bond acceptors (Lipinski definition) is 4. The smallest absolute Gasteiger partial charge is 0.408 e. The van der Waals surface area contributed by atoms with Gasteiger partial charge in [0.05, 0.1) is 17.0 Å². The highest BCUT2D eigenvalue weighted by Crippen LogP contribution is 2.17. The zero-order chi connectivity index (χ0) is 18.9. The Morgan fingerprint density at radius 3 is 2.67 bits per heavy atom. The summed E-state index contributed by atoms with van der Waals surface area (Å²) in [5, 5.41) is 0. The second-order valence-corrected chi connectivity index (χ2v) is 7.88. The van der Waals surface area contributed by atoms with E-state index in [4.69, 9.17) is 4.42 Å². The number of sulfonamides is 1. The van der Waals surface area contributed by atoms with E-state index >= 15 is 0 Å². The van der Waals surface area contributed by atoms with Crippen molar-refractivity contribution in [1.82, 2.24) is 14.3 Å². The molecule has 2 aromatic carbocycles. The number of nitrogens with one attached hydrogen (secondary N) is 2. The second-order valence-electron chi connectivity index (χ2n) is 6.11. The minimum atomic E-state index is -3.75. The number of fused-ring (bicyclic) bond motifs is 1. The monoisotopic (exact) mass is 383 g/mol. The van der Waals surface area contributed by atoms with Crippen LogP contribution in [0.4, 0.5) is 0 Å². The number of hydrogen-bond donors (Lipinski definition) is 2. The van der Waals surface area contributed by atoms with Crippen molar-refractivity contribution in [1.29, 1.82) is 0 Å². The van der Waals surface area contributed by atoms with Crippen LogP contribution in [0, 0.1) is 0 Å². The average molecular weight is 383 g/mol. The zero-order valence-electron chi connectivity index (χ0n) is 14.3. The van der Waals surface area contributed by atoms with Gasteiger partial charge < -0.3 is 8.98 Å². The molecule has 2 aromatic heterocycles. The molecule has 27 heavy (non-hydrogen) atoms. The van der Waals surface area contributed by atoms with Crippen molar-refractivity contribution in [3.8, 4) is 0 Å². The van der Waals surface area contributed by atoms with E-state index in [1.165, 1.54) is 18.2 Å². The molecular weight excluding hydrogens is 366 g/mol.